The first-order chi connectivity index (χ1) is 6.33. The van der Waals surface area contributed by atoms with Crippen molar-refractivity contribution in [3.63, 3.8) is 0 Å². The minimum Gasteiger partial charge on any atom is -0.368 e. The molecule has 1 heterocycles. The number of likely N-dealkylation sites (N-methyl/N-ethyl adjacent to an activating group) is 1. The zero-order valence-electron chi connectivity index (χ0n) is 9.50. The first-order valence-electron chi connectivity index (χ1n) is 5.11. The van der Waals surface area contributed by atoms with Crippen LogP contribution in [0.4, 0.5) is 0 Å². The molecule has 2 atom stereocenters. The van der Waals surface area contributed by atoms with Crippen LogP contribution in [-0.2, 0) is 4.79 Å². The molecule has 4 nitrogen and oxygen atoms in total. The fourth-order valence-corrected chi connectivity index (χ4v) is 1.88. The molecule has 1 saturated heterocycles. The van der Waals surface area contributed by atoms with Crippen LogP contribution in [0, 0.1) is 0 Å². The maximum absolute atomic E-state index is 11.1. The normalized spacial score (nSPS) is 29.4. The Bertz CT molecular complexity index is 217. The van der Waals surface area contributed by atoms with Crippen molar-refractivity contribution in [2.45, 2.75) is 44.8 Å². The zero-order chi connectivity index (χ0) is 10.9. The molecule has 0 spiro atoms. The molecule has 14 heavy (non-hydrogen) atoms. The number of nitrogens with two attached hydrogens (primary N) is 1. The highest BCUT2D eigenvalue weighted by Gasteiger charge is 2.33. The highest BCUT2D eigenvalue weighted by molar-refractivity contribution is 5.83. The minimum absolute atomic E-state index is 0.292. The number of primary amides is 1. The molecule has 0 bridgehead atoms. The second-order valence-electron chi connectivity index (χ2n) is 4.85. The quantitative estimate of drug-likeness (QED) is 0.669. The summed E-state index contributed by atoms with van der Waals surface area (Å²) in [4.78, 5) is 13.4. The maximum atomic E-state index is 11.1. The summed E-state index contributed by atoms with van der Waals surface area (Å²) < 4.78 is 0. The van der Waals surface area contributed by atoms with Gasteiger partial charge >= 0.3 is 0 Å². The maximum Gasteiger partial charge on any atom is 0.237 e. The fraction of sp³-hybridized carbons (Fsp3) is 0.900. The molecule has 0 aromatic carbocycles. The van der Waals surface area contributed by atoms with Crippen LogP contribution in [0.5, 0.6) is 0 Å². The van der Waals surface area contributed by atoms with Gasteiger partial charge in [-0.25, -0.2) is 0 Å². The van der Waals surface area contributed by atoms with Gasteiger partial charge in [-0.2, -0.15) is 0 Å². The van der Waals surface area contributed by atoms with E-state index < -0.39 is 5.54 Å². The molecule has 4 heteroatoms. The van der Waals surface area contributed by atoms with Gasteiger partial charge in [-0.1, -0.05) is 0 Å². The van der Waals surface area contributed by atoms with Crippen LogP contribution in [0.2, 0.25) is 0 Å². The van der Waals surface area contributed by atoms with Crippen LogP contribution < -0.4 is 11.1 Å². The van der Waals surface area contributed by atoms with E-state index in [-0.39, 0.29) is 5.91 Å². The summed E-state index contributed by atoms with van der Waals surface area (Å²) in [5, 5.41) is 3.30. The number of carbonyl (C=O) groups is 1. The largest absolute Gasteiger partial charge is 0.368 e. The molecule has 1 rings (SSSR count). The van der Waals surface area contributed by atoms with E-state index in [0.717, 1.165) is 13.0 Å². The summed E-state index contributed by atoms with van der Waals surface area (Å²) >= 11 is 0. The van der Waals surface area contributed by atoms with Crippen molar-refractivity contribution in [1.82, 2.24) is 10.2 Å². The molecule has 1 aliphatic rings. The molecule has 2 unspecified atom stereocenters. The Morgan fingerprint density at radius 1 is 1.57 bits per heavy atom. The predicted octanol–water partition coefficient (Wildman–Crippen LogP) is -0.0675. The molecule has 0 saturated carbocycles. The third-order valence-electron chi connectivity index (χ3n) is 3.07. The van der Waals surface area contributed by atoms with Crippen LogP contribution >= 0.6 is 0 Å². The third kappa shape index (κ3) is 2.45. The van der Waals surface area contributed by atoms with Crippen LogP contribution in [-0.4, -0.2) is 42.0 Å². The number of hydrogen-bond donors (Lipinski definition) is 2. The Labute approximate surface area is 85.8 Å². The van der Waals surface area contributed by atoms with Gasteiger partial charge in [0.25, 0.3) is 0 Å². The summed E-state index contributed by atoms with van der Waals surface area (Å²) in [6.45, 7) is 6.84. The molecule has 0 aliphatic carbocycles. The molecule has 3 N–H and O–H groups in total. The molecular formula is C10H21N3O. The number of hydrogen-bond acceptors (Lipinski definition) is 3. The zero-order valence-corrected chi connectivity index (χ0v) is 9.50. The van der Waals surface area contributed by atoms with Crippen LogP contribution in [0.3, 0.4) is 0 Å². The number of amides is 1. The highest BCUT2D eigenvalue weighted by Crippen LogP contribution is 2.17. The summed E-state index contributed by atoms with van der Waals surface area (Å²) in [7, 11) is 2.10. The van der Waals surface area contributed by atoms with Crippen LogP contribution in [0.15, 0.2) is 0 Å². The Hall–Kier alpha value is -0.610. The van der Waals surface area contributed by atoms with Crippen molar-refractivity contribution in [3.05, 3.63) is 0 Å². The van der Waals surface area contributed by atoms with E-state index >= 15 is 0 Å². The molecule has 1 aliphatic heterocycles. The Morgan fingerprint density at radius 2 is 2.14 bits per heavy atom. The van der Waals surface area contributed by atoms with Gasteiger partial charge in [-0.15, -0.1) is 0 Å². The second-order valence-corrected chi connectivity index (χ2v) is 4.85. The lowest BCUT2D eigenvalue weighted by Crippen LogP contribution is -2.55. The van der Waals surface area contributed by atoms with Crippen molar-refractivity contribution >= 4 is 5.91 Å². The van der Waals surface area contributed by atoms with E-state index in [1.54, 1.807) is 0 Å². The van der Waals surface area contributed by atoms with Crippen molar-refractivity contribution in [2.24, 2.45) is 5.73 Å². The lowest BCUT2D eigenvalue weighted by molar-refractivity contribution is -0.123. The summed E-state index contributed by atoms with van der Waals surface area (Å²) in [6.07, 6.45) is 1.08. The fourth-order valence-electron chi connectivity index (χ4n) is 1.88. The van der Waals surface area contributed by atoms with Gasteiger partial charge in [0.05, 0.1) is 5.54 Å². The summed E-state index contributed by atoms with van der Waals surface area (Å²) in [6, 6.07) is 0.952. The minimum atomic E-state index is -0.602. The Balaban J connectivity index is 2.50. The van der Waals surface area contributed by atoms with Gasteiger partial charge in [0.1, 0.15) is 0 Å². The van der Waals surface area contributed by atoms with Gasteiger partial charge in [-0.05, 0) is 34.2 Å². The average molecular weight is 199 g/mol. The van der Waals surface area contributed by atoms with Crippen molar-refractivity contribution in [2.75, 3.05) is 13.6 Å². The molecule has 0 aromatic rings. The standard InChI is InChI=1S/C10H21N3O/c1-7-5-8(6-13(7)4)12-10(2,3)9(11)14/h7-8,12H,5-6H2,1-4H3,(H2,11,14). The van der Waals surface area contributed by atoms with Crippen molar-refractivity contribution in [3.8, 4) is 0 Å². The molecule has 1 amide bonds. The second kappa shape index (κ2) is 3.87. The highest BCUT2D eigenvalue weighted by atomic mass is 16.1. The predicted molar refractivity (Wildman–Crippen MR) is 56.9 cm³/mol. The first-order valence-corrected chi connectivity index (χ1v) is 5.11. The molecule has 1 fully saturated rings. The molecule has 0 radical (unpaired) electrons. The molecule has 0 aromatic heterocycles. The van der Waals surface area contributed by atoms with Gasteiger partial charge in [0.15, 0.2) is 0 Å². The van der Waals surface area contributed by atoms with Gasteiger partial charge in [-0.3, -0.25) is 10.1 Å². The van der Waals surface area contributed by atoms with Crippen molar-refractivity contribution in [1.29, 1.82) is 0 Å². The monoisotopic (exact) mass is 199 g/mol. The molecule has 82 valence electrons. The van der Waals surface area contributed by atoms with Crippen LogP contribution in [0.1, 0.15) is 27.2 Å². The number of rotatable bonds is 3. The average Bonchev–Trinajstić information content (AvgIpc) is 2.29. The lowest BCUT2D eigenvalue weighted by Gasteiger charge is -2.26. The van der Waals surface area contributed by atoms with E-state index in [2.05, 4.69) is 24.2 Å². The Morgan fingerprint density at radius 3 is 2.50 bits per heavy atom. The van der Waals surface area contributed by atoms with Crippen molar-refractivity contribution < 1.29 is 4.79 Å². The van der Waals surface area contributed by atoms with E-state index in [1.165, 1.54) is 0 Å². The van der Waals surface area contributed by atoms with Gasteiger partial charge in [0.2, 0.25) is 5.91 Å². The smallest absolute Gasteiger partial charge is 0.237 e. The van der Waals surface area contributed by atoms with E-state index in [4.69, 9.17) is 5.73 Å². The topological polar surface area (TPSA) is 58.4 Å². The van der Waals surface area contributed by atoms with E-state index in [9.17, 15) is 4.79 Å². The van der Waals surface area contributed by atoms with Gasteiger partial charge < -0.3 is 10.6 Å². The number of nitrogens with zero attached hydrogens (tertiary/aromatic N) is 1. The summed E-state index contributed by atoms with van der Waals surface area (Å²) in [5.41, 5.74) is 4.70. The first kappa shape index (κ1) is 11.5. The van der Waals surface area contributed by atoms with E-state index in [0.29, 0.717) is 12.1 Å². The number of likely N-dealkylation sites (tertiary alicyclic amines) is 1. The number of carbonyl (C=O) groups excluding carboxylic acids is 1. The number of nitrogens with one attached hydrogen (secondary N) is 1. The Kier molecular flexibility index (Phi) is 3.17. The third-order valence-corrected chi connectivity index (χ3v) is 3.07. The lowest BCUT2D eigenvalue weighted by atomic mass is 10.0. The molecular weight excluding hydrogens is 178 g/mol. The van der Waals surface area contributed by atoms with E-state index in [1.807, 2.05) is 13.8 Å². The summed E-state index contributed by atoms with van der Waals surface area (Å²) in [5.74, 6) is -0.292. The van der Waals surface area contributed by atoms with Gasteiger partial charge in [0, 0.05) is 18.6 Å². The SMILES string of the molecule is CC1CC(NC(C)(C)C(N)=O)CN1C. The van der Waals surface area contributed by atoms with Crippen LogP contribution in [0.25, 0.3) is 0 Å².